The summed E-state index contributed by atoms with van der Waals surface area (Å²) in [6.07, 6.45) is 1.89. The van der Waals surface area contributed by atoms with E-state index in [0.29, 0.717) is 30.0 Å². The maximum Gasteiger partial charge on any atom is 0.337 e. The van der Waals surface area contributed by atoms with Crippen LogP contribution >= 0.6 is 0 Å². The van der Waals surface area contributed by atoms with Gasteiger partial charge in [0, 0.05) is 19.7 Å². The Bertz CT molecular complexity index is 505. The molecule has 98 valence electrons. The number of hydrogen-bond donors (Lipinski definition) is 1. The molecule has 0 unspecified atom stereocenters. The van der Waals surface area contributed by atoms with Gasteiger partial charge in [0.15, 0.2) is 0 Å². The molecule has 0 aliphatic rings. The predicted molar refractivity (Wildman–Crippen MR) is 71.0 cm³/mol. The maximum atomic E-state index is 12.0. The first-order valence-corrected chi connectivity index (χ1v) is 5.85. The van der Waals surface area contributed by atoms with E-state index in [9.17, 15) is 9.59 Å². The molecule has 5 nitrogen and oxygen atoms in total. The molecule has 1 aromatic heterocycles. The number of amides is 1. The average molecular weight is 250 g/mol. The van der Waals surface area contributed by atoms with Gasteiger partial charge in [0.2, 0.25) is 5.88 Å². The molecular formula is C13H18N2O3. The summed E-state index contributed by atoms with van der Waals surface area (Å²) in [5, 5.41) is 2.51. The zero-order valence-corrected chi connectivity index (χ0v) is 10.9. The van der Waals surface area contributed by atoms with Gasteiger partial charge in [-0.25, -0.2) is 4.79 Å². The minimum atomic E-state index is -0.447. The monoisotopic (exact) mass is 250 g/mol. The van der Waals surface area contributed by atoms with Crippen molar-refractivity contribution in [2.24, 2.45) is 0 Å². The fourth-order valence-electron chi connectivity index (χ4n) is 1.63. The molecule has 0 radical (unpaired) electrons. The van der Waals surface area contributed by atoms with Crippen molar-refractivity contribution in [3.63, 3.8) is 0 Å². The van der Waals surface area contributed by atoms with Crippen LogP contribution in [-0.2, 0) is 6.42 Å². The van der Waals surface area contributed by atoms with Gasteiger partial charge in [-0.05, 0) is 25.1 Å². The highest BCUT2D eigenvalue weighted by atomic mass is 16.4. The molecule has 1 amide bonds. The highest BCUT2D eigenvalue weighted by Crippen LogP contribution is 2.21. The molecular weight excluding hydrogens is 232 g/mol. The third-order valence-corrected chi connectivity index (χ3v) is 2.69. The van der Waals surface area contributed by atoms with Crippen LogP contribution in [0.2, 0.25) is 0 Å². The molecule has 0 aliphatic carbocycles. The van der Waals surface area contributed by atoms with Crippen LogP contribution in [0.15, 0.2) is 28.1 Å². The summed E-state index contributed by atoms with van der Waals surface area (Å²) < 4.78 is 5.15. The molecule has 0 fully saturated rings. The molecule has 0 saturated carbocycles. The average Bonchev–Trinajstić information content (AvgIpc) is 2.36. The smallest absolute Gasteiger partial charge is 0.337 e. The molecule has 5 heteroatoms. The Balaban J connectivity index is 3.46. The minimum absolute atomic E-state index is 0.293. The number of rotatable bonds is 5. The van der Waals surface area contributed by atoms with Crippen molar-refractivity contribution in [3.8, 4) is 0 Å². The molecule has 0 spiro atoms. The fraction of sp³-hybridized carbons (Fsp3) is 0.385. The third kappa shape index (κ3) is 2.80. The maximum absolute atomic E-state index is 12.0. The number of carbonyl (C=O) groups excluding carboxylic acids is 1. The van der Waals surface area contributed by atoms with Crippen LogP contribution in [0.3, 0.4) is 0 Å². The van der Waals surface area contributed by atoms with E-state index >= 15 is 0 Å². The number of carbonyl (C=O) groups is 1. The van der Waals surface area contributed by atoms with Crippen LogP contribution in [0, 0.1) is 0 Å². The third-order valence-electron chi connectivity index (χ3n) is 2.69. The first-order valence-electron chi connectivity index (χ1n) is 5.85. The zero-order valence-electron chi connectivity index (χ0n) is 10.9. The zero-order chi connectivity index (χ0) is 13.7. The number of hydrogen-bond acceptors (Lipinski definition) is 4. The lowest BCUT2D eigenvalue weighted by molar-refractivity contribution is 0.0968. The summed E-state index contributed by atoms with van der Waals surface area (Å²) in [7, 11) is 1.77. The highest BCUT2D eigenvalue weighted by molar-refractivity contribution is 6.00. The van der Waals surface area contributed by atoms with Crippen molar-refractivity contribution in [2.75, 3.05) is 18.5 Å². The van der Waals surface area contributed by atoms with Gasteiger partial charge < -0.3 is 14.6 Å². The van der Waals surface area contributed by atoms with Gasteiger partial charge in [-0.3, -0.25) is 4.79 Å². The lowest BCUT2D eigenvalue weighted by Gasteiger charge is -2.19. The summed E-state index contributed by atoms with van der Waals surface area (Å²) in [5.74, 6) is -0.0258. The Hall–Kier alpha value is -2.04. The number of nitrogens with one attached hydrogen (secondary N) is 1. The second-order valence-electron chi connectivity index (χ2n) is 3.82. The summed E-state index contributed by atoms with van der Waals surface area (Å²) in [6.45, 7) is 7.88. The second-order valence-corrected chi connectivity index (χ2v) is 3.82. The minimum Gasteiger partial charge on any atom is -0.406 e. The predicted octanol–water partition coefficient (Wildman–Crippen LogP) is 1.53. The van der Waals surface area contributed by atoms with E-state index in [-0.39, 0.29) is 5.91 Å². The first kappa shape index (κ1) is 14.0. The van der Waals surface area contributed by atoms with E-state index in [2.05, 4.69) is 11.9 Å². The van der Waals surface area contributed by atoms with Crippen LogP contribution < -0.4 is 15.8 Å². The first-order chi connectivity index (χ1) is 8.54. The Morgan fingerprint density at radius 2 is 2.22 bits per heavy atom. The second kappa shape index (κ2) is 6.05. The van der Waals surface area contributed by atoms with Crippen LogP contribution in [0.4, 0.5) is 5.88 Å². The highest BCUT2D eigenvalue weighted by Gasteiger charge is 2.20. The number of anilines is 1. The number of nitrogens with zero attached hydrogens (tertiary/aromatic N) is 1. The largest absolute Gasteiger partial charge is 0.406 e. The molecule has 1 rings (SSSR count). The van der Waals surface area contributed by atoms with E-state index in [1.54, 1.807) is 11.9 Å². The lowest BCUT2D eigenvalue weighted by atomic mass is 10.1. The van der Waals surface area contributed by atoms with E-state index in [0.717, 1.165) is 0 Å². The molecule has 1 aromatic rings. The topological polar surface area (TPSA) is 62.6 Å². The van der Waals surface area contributed by atoms with Crippen LogP contribution in [-0.4, -0.2) is 19.5 Å². The molecule has 1 heterocycles. The summed E-state index contributed by atoms with van der Waals surface area (Å²) >= 11 is 0. The van der Waals surface area contributed by atoms with Gasteiger partial charge in [-0.2, -0.15) is 0 Å². The van der Waals surface area contributed by atoms with E-state index in [4.69, 9.17) is 4.42 Å². The van der Waals surface area contributed by atoms with E-state index in [1.165, 1.54) is 12.3 Å². The van der Waals surface area contributed by atoms with Gasteiger partial charge in [-0.15, -0.1) is 0 Å². The molecule has 0 aromatic carbocycles. The van der Waals surface area contributed by atoms with Crippen molar-refractivity contribution in [1.29, 1.82) is 0 Å². The molecule has 0 aliphatic heterocycles. The molecule has 18 heavy (non-hydrogen) atoms. The van der Waals surface area contributed by atoms with Crippen molar-refractivity contribution in [2.45, 2.75) is 20.3 Å². The standard InChI is InChI=1S/C13H18N2O3/c1-5-9-8-10(16)18-13(15(4)7-3)11(9)12(17)14-6-2/h6,8H,2,5,7H2,1,3-4H3,(H,14,17). The molecule has 0 bridgehead atoms. The van der Waals surface area contributed by atoms with Crippen molar-refractivity contribution < 1.29 is 9.21 Å². The van der Waals surface area contributed by atoms with Crippen LogP contribution in [0.1, 0.15) is 29.8 Å². The van der Waals surface area contributed by atoms with Gasteiger partial charge in [0.1, 0.15) is 5.56 Å². The van der Waals surface area contributed by atoms with Crippen molar-refractivity contribution in [1.82, 2.24) is 5.32 Å². The SMILES string of the molecule is C=CNC(=O)c1c(CC)cc(=O)oc1N(C)CC. The summed E-state index contributed by atoms with van der Waals surface area (Å²) in [4.78, 5) is 25.2. The van der Waals surface area contributed by atoms with Crippen molar-refractivity contribution in [3.05, 3.63) is 40.4 Å². The summed E-state index contributed by atoms with van der Waals surface area (Å²) in [5.41, 5.74) is 0.611. The Kier molecular flexibility index (Phi) is 4.71. The molecule has 0 atom stereocenters. The lowest BCUT2D eigenvalue weighted by Crippen LogP contribution is -2.26. The summed E-state index contributed by atoms with van der Waals surface area (Å²) in [6, 6.07) is 1.35. The van der Waals surface area contributed by atoms with Gasteiger partial charge in [-0.1, -0.05) is 13.5 Å². The molecule has 1 N–H and O–H groups in total. The Morgan fingerprint density at radius 3 is 2.72 bits per heavy atom. The van der Waals surface area contributed by atoms with Gasteiger partial charge in [0.05, 0.1) is 0 Å². The number of aryl methyl sites for hydroxylation is 1. The van der Waals surface area contributed by atoms with Crippen LogP contribution in [0.5, 0.6) is 0 Å². The normalized spacial score (nSPS) is 9.94. The molecule has 0 saturated heterocycles. The van der Waals surface area contributed by atoms with E-state index < -0.39 is 5.63 Å². The van der Waals surface area contributed by atoms with Gasteiger partial charge in [0.25, 0.3) is 5.91 Å². The van der Waals surface area contributed by atoms with Gasteiger partial charge >= 0.3 is 5.63 Å². The van der Waals surface area contributed by atoms with E-state index in [1.807, 2.05) is 13.8 Å². The van der Waals surface area contributed by atoms with Crippen LogP contribution in [0.25, 0.3) is 0 Å². The van der Waals surface area contributed by atoms with Crippen molar-refractivity contribution >= 4 is 11.8 Å². The quantitative estimate of drug-likeness (QED) is 0.860. The Labute approximate surface area is 106 Å². The Morgan fingerprint density at radius 1 is 1.56 bits per heavy atom. The fourth-order valence-corrected chi connectivity index (χ4v) is 1.63.